The van der Waals surface area contributed by atoms with Gasteiger partial charge in [-0.05, 0) is 24.0 Å². The minimum Gasteiger partial charge on any atom is -0.456 e. The van der Waals surface area contributed by atoms with Gasteiger partial charge in [0.15, 0.2) is 12.2 Å². The van der Waals surface area contributed by atoms with Gasteiger partial charge in [-0.3, -0.25) is 9.59 Å². The largest absolute Gasteiger partial charge is 0.456 e. The second-order valence-corrected chi connectivity index (χ2v) is 7.87. The van der Waals surface area contributed by atoms with Crippen LogP contribution in [0.5, 0.6) is 0 Å². The first-order valence-electron chi connectivity index (χ1n) is 11.3. The SMILES string of the molecule is C=CCC(OCc1ccccc1)C(OC(C)=O)C(OC(C)=O)C(CC=C)OCc1ccccc1. The third-order valence-corrected chi connectivity index (χ3v) is 5.07. The lowest BCUT2D eigenvalue weighted by molar-refractivity contribution is -0.196. The van der Waals surface area contributed by atoms with Crippen molar-refractivity contribution in [3.05, 3.63) is 97.1 Å². The first-order valence-corrected chi connectivity index (χ1v) is 11.3. The molecule has 34 heavy (non-hydrogen) atoms. The number of carbonyl (C=O) groups is 2. The van der Waals surface area contributed by atoms with E-state index in [2.05, 4.69) is 13.2 Å². The molecule has 2 aromatic carbocycles. The number of ether oxygens (including phenoxy) is 4. The van der Waals surface area contributed by atoms with Crippen LogP contribution < -0.4 is 0 Å². The molecule has 2 aromatic rings. The maximum Gasteiger partial charge on any atom is 0.303 e. The van der Waals surface area contributed by atoms with Gasteiger partial charge >= 0.3 is 11.9 Å². The van der Waals surface area contributed by atoms with E-state index in [0.29, 0.717) is 26.1 Å². The van der Waals surface area contributed by atoms with Crippen molar-refractivity contribution in [1.82, 2.24) is 0 Å². The summed E-state index contributed by atoms with van der Waals surface area (Å²) in [6.45, 7) is 10.8. The predicted molar refractivity (Wildman–Crippen MR) is 131 cm³/mol. The topological polar surface area (TPSA) is 71.1 Å². The zero-order valence-electron chi connectivity index (χ0n) is 19.9. The van der Waals surface area contributed by atoms with E-state index in [1.54, 1.807) is 12.2 Å². The zero-order chi connectivity index (χ0) is 24.8. The third-order valence-electron chi connectivity index (χ3n) is 5.07. The van der Waals surface area contributed by atoms with Crippen molar-refractivity contribution in [1.29, 1.82) is 0 Å². The molecule has 0 bridgehead atoms. The fourth-order valence-corrected chi connectivity index (χ4v) is 3.57. The van der Waals surface area contributed by atoms with Crippen molar-refractivity contribution in [2.45, 2.75) is 64.3 Å². The lowest BCUT2D eigenvalue weighted by Gasteiger charge is -2.36. The molecule has 0 N–H and O–H groups in total. The summed E-state index contributed by atoms with van der Waals surface area (Å²) in [5, 5.41) is 0. The summed E-state index contributed by atoms with van der Waals surface area (Å²) in [5.74, 6) is -1.03. The van der Waals surface area contributed by atoms with E-state index in [4.69, 9.17) is 18.9 Å². The van der Waals surface area contributed by atoms with Gasteiger partial charge in [0, 0.05) is 13.8 Å². The highest BCUT2D eigenvalue weighted by Gasteiger charge is 2.40. The summed E-state index contributed by atoms with van der Waals surface area (Å²) < 4.78 is 23.7. The van der Waals surface area contributed by atoms with Crippen LogP contribution in [0.1, 0.15) is 37.8 Å². The first kappa shape index (κ1) is 27.0. The molecular weight excluding hydrogens is 432 g/mol. The van der Waals surface area contributed by atoms with E-state index in [1.807, 2.05) is 60.7 Å². The fraction of sp³-hybridized carbons (Fsp3) is 0.357. The van der Waals surface area contributed by atoms with Crippen LogP contribution in [0.3, 0.4) is 0 Å². The molecule has 0 aliphatic carbocycles. The first-order chi connectivity index (χ1) is 16.4. The summed E-state index contributed by atoms with van der Waals surface area (Å²) >= 11 is 0. The monoisotopic (exact) mass is 466 g/mol. The Balaban J connectivity index is 2.33. The van der Waals surface area contributed by atoms with E-state index >= 15 is 0 Å². The minimum absolute atomic E-state index is 0.293. The van der Waals surface area contributed by atoms with Gasteiger partial charge in [0.25, 0.3) is 0 Å². The van der Waals surface area contributed by atoms with E-state index in [9.17, 15) is 9.59 Å². The van der Waals surface area contributed by atoms with Crippen molar-refractivity contribution in [2.24, 2.45) is 0 Å². The Kier molecular flexibility index (Phi) is 11.8. The molecule has 0 amide bonds. The summed E-state index contributed by atoms with van der Waals surface area (Å²) in [6.07, 6.45) is 1.07. The van der Waals surface area contributed by atoms with E-state index < -0.39 is 36.4 Å². The number of esters is 2. The average Bonchev–Trinajstić information content (AvgIpc) is 2.83. The van der Waals surface area contributed by atoms with E-state index in [1.165, 1.54) is 13.8 Å². The van der Waals surface area contributed by atoms with Crippen LogP contribution in [0, 0.1) is 0 Å². The Hall–Kier alpha value is -3.22. The van der Waals surface area contributed by atoms with Gasteiger partial charge in [-0.25, -0.2) is 0 Å². The molecule has 0 radical (unpaired) electrons. The fourth-order valence-electron chi connectivity index (χ4n) is 3.57. The Bertz CT molecular complexity index is 820. The van der Waals surface area contributed by atoms with Crippen LogP contribution in [-0.2, 0) is 41.8 Å². The minimum atomic E-state index is -0.913. The van der Waals surface area contributed by atoms with Crippen molar-refractivity contribution in [3.8, 4) is 0 Å². The zero-order valence-corrected chi connectivity index (χ0v) is 19.9. The third kappa shape index (κ3) is 9.33. The predicted octanol–water partition coefficient (Wildman–Crippen LogP) is 5.17. The Morgan fingerprint density at radius 2 is 1.06 bits per heavy atom. The number of hydrogen-bond donors (Lipinski definition) is 0. The second-order valence-electron chi connectivity index (χ2n) is 7.87. The van der Waals surface area contributed by atoms with Crippen molar-refractivity contribution in [2.75, 3.05) is 0 Å². The molecule has 4 unspecified atom stereocenters. The lowest BCUT2D eigenvalue weighted by Crippen LogP contribution is -2.50. The smallest absolute Gasteiger partial charge is 0.303 e. The van der Waals surface area contributed by atoms with Gasteiger partial charge in [-0.1, -0.05) is 72.8 Å². The molecule has 0 fully saturated rings. The van der Waals surface area contributed by atoms with Crippen LogP contribution >= 0.6 is 0 Å². The summed E-state index contributed by atoms with van der Waals surface area (Å²) in [7, 11) is 0. The average molecular weight is 467 g/mol. The van der Waals surface area contributed by atoms with Crippen molar-refractivity contribution >= 4 is 11.9 Å². The molecule has 0 aliphatic rings. The number of rotatable bonds is 15. The highest BCUT2D eigenvalue weighted by molar-refractivity contribution is 5.67. The Labute approximate surface area is 202 Å². The van der Waals surface area contributed by atoms with Crippen LogP contribution in [0.2, 0.25) is 0 Å². The van der Waals surface area contributed by atoms with Crippen LogP contribution in [-0.4, -0.2) is 36.4 Å². The molecule has 0 aromatic heterocycles. The number of hydrogen-bond acceptors (Lipinski definition) is 6. The van der Waals surface area contributed by atoms with Crippen LogP contribution in [0.25, 0.3) is 0 Å². The van der Waals surface area contributed by atoms with Crippen LogP contribution in [0.15, 0.2) is 86.0 Å². The molecule has 0 saturated carbocycles. The molecular formula is C28H34O6. The van der Waals surface area contributed by atoms with Crippen molar-refractivity contribution in [3.63, 3.8) is 0 Å². The van der Waals surface area contributed by atoms with Gasteiger partial charge in [-0.2, -0.15) is 0 Å². The summed E-state index contributed by atoms with van der Waals surface area (Å²) in [4.78, 5) is 24.2. The Morgan fingerprint density at radius 3 is 1.35 bits per heavy atom. The molecule has 0 saturated heterocycles. The van der Waals surface area contributed by atoms with Gasteiger partial charge in [0.1, 0.15) is 12.2 Å². The highest BCUT2D eigenvalue weighted by atomic mass is 16.6. The number of benzene rings is 2. The summed E-state index contributed by atoms with van der Waals surface area (Å²) in [6, 6.07) is 19.3. The lowest BCUT2D eigenvalue weighted by atomic mass is 9.97. The maximum absolute atomic E-state index is 12.1. The quantitative estimate of drug-likeness (QED) is 0.266. The second kappa shape index (κ2) is 14.8. The van der Waals surface area contributed by atoms with Gasteiger partial charge < -0.3 is 18.9 Å². The molecule has 182 valence electrons. The molecule has 0 aliphatic heterocycles. The van der Waals surface area contributed by atoms with E-state index in [0.717, 1.165) is 11.1 Å². The highest BCUT2D eigenvalue weighted by Crippen LogP contribution is 2.24. The molecule has 6 heteroatoms. The maximum atomic E-state index is 12.1. The molecule has 4 atom stereocenters. The Morgan fingerprint density at radius 1 is 0.706 bits per heavy atom. The van der Waals surface area contributed by atoms with Crippen molar-refractivity contribution < 1.29 is 28.5 Å². The molecule has 0 spiro atoms. The normalized spacial score (nSPS) is 14.3. The molecule has 6 nitrogen and oxygen atoms in total. The van der Waals surface area contributed by atoms with Gasteiger partial charge in [0.05, 0.1) is 13.2 Å². The molecule has 0 heterocycles. The molecule has 2 rings (SSSR count). The number of carbonyl (C=O) groups excluding carboxylic acids is 2. The van der Waals surface area contributed by atoms with Gasteiger partial charge in [0.2, 0.25) is 0 Å². The van der Waals surface area contributed by atoms with E-state index in [-0.39, 0.29) is 0 Å². The van der Waals surface area contributed by atoms with Gasteiger partial charge in [-0.15, -0.1) is 13.2 Å². The van der Waals surface area contributed by atoms with Crippen LogP contribution in [0.4, 0.5) is 0 Å². The summed E-state index contributed by atoms with van der Waals surface area (Å²) in [5.41, 5.74) is 1.93. The standard InChI is InChI=1S/C28H34O6/c1-5-13-25(31-19-23-15-9-7-10-16-23)27(33-21(3)29)28(34-22(4)30)26(14-6-2)32-20-24-17-11-8-12-18-24/h5-12,15-18,25-28H,1-2,13-14,19-20H2,3-4H3.